The third-order valence-corrected chi connectivity index (χ3v) is 10.9. The predicted molar refractivity (Wildman–Crippen MR) is 221 cm³/mol. The zero-order valence-electron chi connectivity index (χ0n) is 29.6. The van der Waals surface area contributed by atoms with E-state index in [2.05, 4.69) is 78.2 Å². The van der Waals surface area contributed by atoms with E-state index in [-0.39, 0.29) is 11.5 Å². The van der Waals surface area contributed by atoms with Crippen LogP contribution in [0.4, 0.5) is 11.4 Å². The van der Waals surface area contributed by atoms with E-state index in [0.29, 0.717) is 45.6 Å². The monoisotopic (exact) mass is 784 g/mol. The minimum Gasteiger partial charge on any atom is -0.505 e. The van der Waals surface area contributed by atoms with Crippen LogP contribution < -0.4 is 10.6 Å². The Morgan fingerprint density at radius 2 is 0.943 bits per heavy atom. The van der Waals surface area contributed by atoms with Crippen molar-refractivity contribution in [2.24, 2.45) is 0 Å². The van der Waals surface area contributed by atoms with Crippen LogP contribution in [0.25, 0.3) is 0 Å². The van der Waals surface area contributed by atoms with Gasteiger partial charge < -0.3 is 31.1 Å². The number of hydrogen-bond donors (Lipinski definition) is 6. The predicted octanol–water partition coefficient (Wildman–Crippen LogP) is 12.0. The average Bonchev–Trinajstić information content (AvgIpc) is 3.14. The lowest BCUT2D eigenvalue weighted by molar-refractivity contribution is 0.194. The zero-order chi connectivity index (χ0) is 37.9. The molecule has 2 unspecified atom stereocenters. The van der Waals surface area contributed by atoms with Crippen LogP contribution in [0.15, 0.2) is 147 Å². The molecule has 53 heavy (non-hydrogen) atoms. The fourth-order valence-corrected chi connectivity index (χ4v) is 7.74. The van der Waals surface area contributed by atoms with E-state index in [4.69, 9.17) is 23.2 Å². The van der Waals surface area contributed by atoms with E-state index in [1.54, 1.807) is 61.6 Å². The Morgan fingerprint density at radius 1 is 0.547 bits per heavy atom. The normalized spacial score (nSPS) is 12.0. The maximum atomic E-state index is 10.4. The van der Waals surface area contributed by atoms with Crippen LogP contribution in [0.1, 0.15) is 53.9 Å². The Labute approximate surface area is 329 Å². The van der Waals surface area contributed by atoms with E-state index >= 15 is 0 Å². The molecule has 0 saturated carbocycles. The summed E-state index contributed by atoms with van der Waals surface area (Å²) in [5.41, 5.74) is 5.29. The molecule has 0 aromatic heterocycles. The standard InChI is InChI=1S/C22H22ClNO2S.C21H20ClNO2S/c1-14-7-9-18(10-8-14)27-21-6-4-3-5-16(21)13-24-20-12-17(23)11-19(15(2)25)22(20)26;1-14(24)18-11-16(22)12-19(21(18)25)23-13-15-7-5-6-10-20(15)26-17-8-3-2-4-9-17/h3-12,15,24-26H,13H2,1-2H3;2-12,14,23-25H,13H2,1H3. The summed E-state index contributed by atoms with van der Waals surface area (Å²) in [5, 5.41) is 47.8. The van der Waals surface area contributed by atoms with Crippen molar-refractivity contribution >= 4 is 58.1 Å². The number of halogens is 2. The van der Waals surface area contributed by atoms with Gasteiger partial charge in [0.05, 0.1) is 23.6 Å². The largest absolute Gasteiger partial charge is 0.505 e. The molecule has 0 aliphatic heterocycles. The summed E-state index contributed by atoms with van der Waals surface area (Å²) in [6, 6.07) is 41.4. The molecule has 0 fully saturated rings. The van der Waals surface area contributed by atoms with E-state index in [0.717, 1.165) is 20.9 Å². The summed E-state index contributed by atoms with van der Waals surface area (Å²) in [4.78, 5) is 4.63. The molecule has 6 aromatic carbocycles. The molecule has 0 bridgehead atoms. The van der Waals surface area contributed by atoms with Gasteiger partial charge in [0.2, 0.25) is 0 Å². The van der Waals surface area contributed by atoms with Crippen LogP contribution >= 0.6 is 46.7 Å². The first kappa shape index (κ1) is 39.9. The summed E-state index contributed by atoms with van der Waals surface area (Å²) in [5.74, 6) is 0.0515. The lowest BCUT2D eigenvalue weighted by atomic mass is 10.1. The zero-order valence-corrected chi connectivity index (χ0v) is 32.7. The van der Waals surface area contributed by atoms with Crippen LogP contribution in [0, 0.1) is 6.92 Å². The maximum Gasteiger partial charge on any atom is 0.144 e. The second-order valence-corrected chi connectivity index (χ2v) is 15.5. The molecule has 6 rings (SSSR count). The Balaban J connectivity index is 0.000000204. The Kier molecular flexibility index (Phi) is 14.4. The number of phenols is 2. The summed E-state index contributed by atoms with van der Waals surface area (Å²) < 4.78 is 0. The molecule has 6 aromatic rings. The van der Waals surface area contributed by atoms with E-state index in [1.807, 2.05) is 42.5 Å². The number of aromatic hydroxyl groups is 2. The van der Waals surface area contributed by atoms with Crippen molar-refractivity contribution in [2.45, 2.75) is 65.7 Å². The second-order valence-electron chi connectivity index (χ2n) is 12.4. The van der Waals surface area contributed by atoms with E-state index in [1.165, 1.54) is 15.4 Å². The molecule has 6 nitrogen and oxygen atoms in total. The van der Waals surface area contributed by atoms with Crippen molar-refractivity contribution in [3.05, 3.63) is 165 Å². The topological polar surface area (TPSA) is 105 Å². The van der Waals surface area contributed by atoms with Gasteiger partial charge >= 0.3 is 0 Å². The number of phenolic OH excluding ortho intramolecular Hbond substituents is 2. The van der Waals surface area contributed by atoms with Gasteiger partial charge in [-0.2, -0.15) is 0 Å². The number of hydrogen-bond acceptors (Lipinski definition) is 8. The second kappa shape index (κ2) is 19.2. The number of benzene rings is 6. The third-order valence-electron chi connectivity index (χ3n) is 8.21. The van der Waals surface area contributed by atoms with Crippen molar-refractivity contribution in [3.8, 4) is 11.5 Å². The summed E-state index contributed by atoms with van der Waals surface area (Å²) >= 11 is 15.7. The minimum absolute atomic E-state index is 0.0255. The first-order chi connectivity index (χ1) is 25.5. The van der Waals surface area contributed by atoms with Crippen LogP contribution in [-0.2, 0) is 13.1 Å². The van der Waals surface area contributed by atoms with Gasteiger partial charge in [0.1, 0.15) is 11.5 Å². The summed E-state index contributed by atoms with van der Waals surface area (Å²) in [6.07, 6.45) is -1.59. The lowest BCUT2D eigenvalue weighted by Gasteiger charge is -2.16. The highest BCUT2D eigenvalue weighted by Crippen LogP contribution is 2.38. The van der Waals surface area contributed by atoms with Gasteiger partial charge in [-0.05, 0) is 92.6 Å². The van der Waals surface area contributed by atoms with Gasteiger partial charge in [0.15, 0.2) is 0 Å². The van der Waals surface area contributed by atoms with E-state index < -0.39 is 12.2 Å². The molecular formula is C43H42Cl2N2O4S2. The first-order valence-corrected chi connectivity index (χ1v) is 19.4. The van der Waals surface area contributed by atoms with Crippen LogP contribution in [0.2, 0.25) is 10.0 Å². The number of anilines is 2. The van der Waals surface area contributed by atoms with Crippen molar-refractivity contribution in [2.75, 3.05) is 10.6 Å². The van der Waals surface area contributed by atoms with Crippen LogP contribution in [-0.4, -0.2) is 20.4 Å². The first-order valence-electron chi connectivity index (χ1n) is 17.0. The smallest absolute Gasteiger partial charge is 0.144 e. The number of rotatable bonds is 12. The molecule has 0 spiro atoms. The van der Waals surface area contributed by atoms with Gasteiger partial charge in [0, 0.05) is 53.8 Å². The molecule has 2 atom stereocenters. The molecule has 6 N–H and O–H groups in total. The van der Waals surface area contributed by atoms with Crippen LogP contribution in [0.3, 0.4) is 0 Å². The molecule has 0 amide bonds. The Bertz CT molecular complexity index is 2110. The minimum atomic E-state index is -0.798. The van der Waals surface area contributed by atoms with Crippen molar-refractivity contribution in [1.82, 2.24) is 0 Å². The van der Waals surface area contributed by atoms with Gasteiger partial charge in [-0.1, -0.05) is 119 Å². The van der Waals surface area contributed by atoms with Gasteiger partial charge in [-0.15, -0.1) is 0 Å². The average molecular weight is 786 g/mol. The fourth-order valence-electron chi connectivity index (χ4n) is 5.38. The molecule has 0 aliphatic rings. The maximum absolute atomic E-state index is 10.4. The van der Waals surface area contributed by atoms with Crippen molar-refractivity contribution < 1.29 is 20.4 Å². The molecular weight excluding hydrogens is 744 g/mol. The molecule has 0 saturated heterocycles. The number of aliphatic hydroxyl groups excluding tert-OH is 2. The Hall–Kier alpha value is -4.28. The highest BCUT2D eigenvalue weighted by Gasteiger charge is 2.15. The number of aryl methyl sites for hydroxylation is 1. The SMILES string of the molecule is CC(O)c1cc(Cl)cc(NCc2ccccc2Sc2ccccc2)c1O.Cc1ccc(Sc2ccccc2CNc2cc(Cl)cc(C(C)O)c2O)cc1. The summed E-state index contributed by atoms with van der Waals surface area (Å²) in [6.45, 7) is 6.33. The Morgan fingerprint density at radius 3 is 1.38 bits per heavy atom. The molecule has 10 heteroatoms. The molecule has 0 aliphatic carbocycles. The molecule has 274 valence electrons. The van der Waals surface area contributed by atoms with Gasteiger partial charge in [0.25, 0.3) is 0 Å². The lowest BCUT2D eigenvalue weighted by Crippen LogP contribution is -2.03. The third kappa shape index (κ3) is 11.4. The van der Waals surface area contributed by atoms with Crippen molar-refractivity contribution in [1.29, 1.82) is 0 Å². The quantitative estimate of drug-likeness (QED) is 0.0682. The highest BCUT2D eigenvalue weighted by atomic mass is 35.5. The van der Waals surface area contributed by atoms with E-state index in [9.17, 15) is 20.4 Å². The fraction of sp³-hybridized carbons (Fsp3) is 0.163. The number of aliphatic hydroxyl groups is 2. The summed E-state index contributed by atoms with van der Waals surface area (Å²) in [7, 11) is 0. The molecule has 0 heterocycles. The number of nitrogens with one attached hydrogen (secondary N) is 2. The van der Waals surface area contributed by atoms with Gasteiger partial charge in [-0.25, -0.2) is 0 Å². The van der Waals surface area contributed by atoms with Crippen molar-refractivity contribution in [3.63, 3.8) is 0 Å². The molecule has 0 radical (unpaired) electrons. The van der Waals surface area contributed by atoms with Crippen LogP contribution in [0.5, 0.6) is 11.5 Å². The highest BCUT2D eigenvalue weighted by molar-refractivity contribution is 7.99. The van der Waals surface area contributed by atoms with Gasteiger partial charge in [-0.3, -0.25) is 0 Å².